The van der Waals surface area contributed by atoms with Crippen molar-refractivity contribution in [2.24, 2.45) is 0 Å². The molecular formula is C15H16N2O. The van der Waals surface area contributed by atoms with Crippen molar-refractivity contribution in [2.75, 3.05) is 0 Å². The van der Waals surface area contributed by atoms with Gasteiger partial charge in [0.15, 0.2) is 0 Å². The molecule has 0 radical (unpaired) electrons. The first-order valence-corrected chi connectivity index (χ1v) is 6.37. The predicted molar refractivity (Wildman–Crippen MR) is 69.0 cm³/mol. The van der Waals surface area contributed by atoms with Crippen molar-refractivity contribution in [3.8, 4) is 0 Å². The number of fused-ring (bicyclic) bond motifs is 1. The van der Waals surface area contributed by atoms with Crippen LogP contribution in [0.15, 0.2) is 43.0 Å². The van der Waals surface area contributed by atoms with Crippen LogP contribution in [0, 0.1) is 0 Å². The van der Waals surface area contributed by atoms with E-state index in [1.54, 1.807) is 12.4 Å². The number of aryl methyl sites for hydroxylation is 1. The van der Waals surface area contributed by atoms with Gasteiger partial charge in [0, 0.05) is 18.0 Å². The van der Waals surface area contributed by atoms with E-state index in [1.807, 2.05) is 18.2 Å². The largest absolute Gasteiger partial charge is 0.380 e. The molecule has 0 saturated carbocycles. The molecule has 1 aliphatic carbocycles. The second-order valence-electron chi connectivity index (χ2n) is 4.85. The van der Waals surface area contributed by atoms with Crippen LogP contribution in [-0.4, -0.2) is 15.1 Å². The van der Waals surface area contributed by atoms with Crippen LogP contribution in [0.3, 0.4) is 0 Å². The second-order valence-corrected chi connectivity index (χ2v) is 4.85. The van der Waals surface area contributed by atoms with E-state index in [-0.39, 0.29) is 0 Å². The SMILES string of the molecule is OC1(c2cncnc2)CCCCc2ccccc21. The van der Waals surface area contributed by atoms with Crippen molar-refractivity contribution in [3.05, 3.63) is 59.7 Å². The average Bonchev–Trinajstić information content (AvgIpc) is 2.61. The van der Waals surface area contributed by atoms with Gasteiger partial charge in [0.1, 0.15) is 11.9 Å². The number of hydrogen-bond donors (Lipinski definition) is 1. The summed E-state index contributed by atoms with van der Waals surface area (Å²) in [4.78, 5) is 8.08. The van der Waals surface area contributed by atoms with Crippen molar-refractivity contribution in [1.29, 1.82) is 0 Å². The Kier molecular flexibility index (Phi) is 2.84. The van der Waals surface area contributed by atoms with Crippen molar-refractivity contribution >= 4 is 0 Å². The van der Waals surface area contributed by atoms with E-state index in [0.29, 0.717) is 0 Å². The van der Waals surface area contributed by atoms with E-state index in [2.05, 4.69) is 16.0 Å². The van der Waals surface area contributed by atoms with Gasteiger partial charge in [-0.25, -0.2) is 9.97 Å². The summed E-state index contributed by atoms with van der Waals surface area (Å²) in [5, 5.41) is 11.1. The third-order valence-electron chi connectivity index (χ3n) is 3.74. The molecule has 3 rings (SSSR count). The fourth-order valence-electron chi connectivity index (χ4n) is 2.79. The van der Waals surface area contributed by atoms with Gasteiger partial charge in [-0.3, -0.25) is 0 Å². The first-order valence-electron chi connectivity index (χ1n) is 6.37. The molecule has 0 aliphatic heterocycles. The van der Waals surface area contributed by atoms with Gasteiger partial charge in [0.25, 0.3) is 0 Å². The summed E-state index contributed by atoms with van der Waals surface area (Å²) in [5.74, 6) is 0. The van der Waals surface area contributed by atoms with Gasteiger partial charge in [0.05, 0.1) is 0 Å². The van der Waals surface area contributed by atoms with Gasteiger partial charge in [-0.15, -0.1) is 0 Å². The number of nitrogens with zero attached hydrogens (tertiary/aromatic N) is 2. The molecule has 3 heteroatoms. The zero-order valence-electron chi connectivity index (χ0n) is 10.2. The third-order valence-corrected chi connectivity index (χ3v) is 3.74. The van der Waals surface area contributed by atoms with E-state index in [1.165, 1.54) is 11.9 Å². The molecule has 0 bridgehead atoms. The molecule has 3 nitrogen and oxygen atoms in total. The molecule has 1 aliphatic rings. The predicted octanol–water partition coefficient (Wildman–Crippen LogP) is 2.44. The van der Waals surface area contributed by atoms with Crippen molar-refractivity contribution in [1.82, 2.24) is 9.97 Å². The van der Waals surface area contributed by atoms with Crippen LogP contribution < -0.4 is 0 Å². The monoisotopic (exact) mass is 240 g/mol. The average molecular weight is 240 g/mol. The lowest BCUT2D eigenvalue weighted by atomic mass is 9.83. The smallest absolute Gasteiger partial charge is 0.118 e. The summed E-state index contributed by atoms with van der Waals surface area (Å²) >= 11 is 0. The van der Waals surface area contributed by atoms with Crippen LogP contribution in [-0.2, 0) is 12.0 Å². The quantitative estimate of drug-likeness (QED) is 0.779. The van der Waals surface area contributed by atoms with Crippen molar-refractivity contribution < 1.29 is 5.11 Å². The zero-order chi connectivity index (χ0) is 12.4. The summed E-state index contributed by atoms with van der Waals surface area (Å²) in [6.45, 7) is 0. The molecular weight excluding hydrogens is 224 g/mol. The number of aliphatic hydroxyl groups is 1. The molecule has 0 saturated heterocycles. The maximum absolute atomic E-state index is 11.1. The molecule has 1 heterocycles. The summed E-state index contributed by atoms with van der Waals surface area (Å²) in [7, 11) is 0. The third kappa shape index (κ3) is 1.81. The summed E-state index contributed by atoms with van der Waals surface area (Å²) in [5.41, 5.74) is 2.10. The highest BCUT2D eigenvalue weighted by molar-refractivity contribution is 5.40. The molecule has 1 aromatic heterocycles. The minimum Gasteiger partial charge on any atom is -0.380 e. The Labute approximate surface area is 107 Å². The highest BCUT2D eigenvalue weighted by atomic mass is 16.3. The molecule has 1 atom stereocenters. The van der Waals surface area contributed by atoms with E-state index in [4.69, 9.17) is 0 Å². The summed E-state index contributed by atoms with van der Waals surface area (Å²) in [6.07, 6.45) is 8.83. The van der Waals surface area contributed by atoms with Crippen LogP contribution in [0.1, 0.15) is 36.0 Å². The first kappa shape index (κ1) is 11.4. The minimum atomic E-state index is -0.936. The van der Waals surface area contributed by atoms with E-state index in [0.717, 1.165) is 36.8 Å². The Hall–Kier alpha value is -1.74. The fraction of sp³-hybridized carbons (Fsp3) is 0.333. The van der Waals surface area contributed by atoms with E-state index in [9.17, 15) is 5.11 Å². The van der Waals surface area contributed by atoms with Crippen LogP contribution >= 0.6 is 0 Å². The molecule has 1 N–H and O–H groups in total. The lowest BCUT2D eigenvalue weighted by Crippen LogP contribution is -2.27. The molecule has 18 heavy (non-hydrogen) atoms. The van der Waals surface area contributed by atoms with Gasteiger partial charge < -0.3 is 5.11 Å². The fourth-order valence-corrected chi connectivity index (χ4v) is 2.79. The van der Waals surface area contributed by atoms with Crippen molar-refractivity contribution in [3.63, 3.8) is 0 Å². The highest BCUT2D eigenvalue weighted by Crippen LogP contribution is 2.38. The lowest BCUT2D eigenvalue weighted by molar-refractivity contribution is 0.0697. The standard InChI is InChI=1S/C15H16N2O/c18-15(13-9-16-11-17-10-13)8-4-3-6-12-5-1-2-7-14(12)15/h1-2,5,7,9-11,18H,3-4,6,8H2. The zero-order valence-corrected chi connectivity index (χ0v) is 10.2. The Balaban J connectivity index is 2.16. The van der Waals surface area contributed by atoms with Crippen LogP contribution in [0.4, 0.5) is 0 Å². The molecule has 0 amide bonds. The Morgan fingerprint density at radius 1 is 1.06 bits per heavy atom. The van der Waals surface area contributed by atoms with Gasteiger partial charge in [0.2, 0.25) is 0 Å². The van der Waals surface area contributed by atoms with Gasteiger partial charge >= 0.3 is 0 Å². The maximum atomic E-state index is 11.1. The van der Waals surface area contributed by atoms with Gasteiger partial charge in [-0.1, -0.05) is 24.3 Å². The minimum absolute atomic E-state index is 0.734. The molecule has 2 aromatic rings. The highest BCUT2D eigenvalue weighted by Gasteiger charge is 2.34. The van der Waals surface area contributed by atoms with Crippen LogP contribution in [0.2, 0.25) is 0 Å². The summed E-state index contributed by atoms with van der Waals surface area (Å²) < 4.78 is 0. The van der Waals surface area contributed by atoms with E-state index >= 15 is 0 Å². The molecule has 0 spiro atoms. The number of aromatic nitrogens is 2. The maximum Gasteiger partial charge on any atom is 0.118 e. The first-order chi connectivity index (χ1) is 8.81. The van der Waals surface area contributed by atoms with Gasteiger partial charge in [-0.05, 0) is 36.8 Å². The molecule has 1 aromatic carbocycles. The Morgan fingerprint density at radius 2 is 1.83 bits per heavy atom. The Morgan fingerprint density at radius 3 is 2.67 bits per heavy atom. The van der Waals surface area contributed by atoms with Crippen LogP contribution in [0.5, 0.6) is 0 Å². The van der Waals surface area contributed by atoms with E-state index < -0.39 is 5.60 Å². The normalized spacial score (nSPS) is 23.2. The topological polar surface area (TPSA) is 46.0 Å². The molecule has 1 unspecified atom stereocenters. The number of benzene rings is 1. The lowest BCUT2D eigenvalue weighted by Gasteiger charge is -2.28. The number of rotatable bonds is 1. The van der Waals surface area contributed by atoms with Gasteiger partial charge in [-0.2, -0.15) is 0 Å². The Bertz CT molecular complexity index is 541. The molecule has 0 fully saturated rings. The second kappa shape index (κ2) is 4.50. The van der Waals surface area contributed by atoms with Crippen LogP contribution in [0.25, 0.3) is 0 Å². The molecule has 92 valence electrons. The number of hydrogen-bond acceptors (Lipinski definition) is 3. The summed E-state index contributed by atoms with van der Waals surface area (Å²) in [6, 6.07) is 8.15. The van der Waals surface area contributed by atoms with Crippen molar-refractivity contribution in [2.45, 2.75) is 31.3 Å².